The fraction of sp³-hybridized carbons (Fsp3) is 0.435. The molecule has 2 aliphatic heterocycles. The lowest BCUT2D eigenvalue weighted by atomic mass is 9.75. The van der Waals surface area contributed by atoms with Crippen LogP contribution in [0.4, 0.5) is 0 Å². The number of nitrogens with zero attached hydrogens (tertiary/aromatic N) is 1. The Kier molecular flexibility index (Phi) is 5.02. The number of rotatable bonds is 5. The average molecular weight is 365 g/mol. The van der Waals surface area contributed by atoms with Crippen molar-refractivity contribution in [3.63, 3.8) is 0 Å². The van der Waals surface area contributed by atoms with Crippen LogP contribution in [-0.4, -0.2) is 47.8 Å². The third kappa shape index (κ3) is 3.17. The number of carbonyl (C=O) groups is 1. The van der Waals surface area contributed by atoms with Crippen LogP contribution in [0, 0.1) is 0 Å². The van der Waals surface area contributed by atoms with E-state index in [0.717, 1.165) is 24.0 Å². The van der Waals surface area contributed by atoms with Gasteiger partial charge in [0.25, 0.3) is 0 Å². The van der Waals surface area contributed by atoms with E-state index in [4.69, 9.17) is 4.74 Å². The second kappa shape index (κ2) is 7.45. The molecule has 4 nitrogen and oxygen atoms in total. The first-order chi connectivity index (χ1) is 13.1. The molecule has 2 saturated heterocycles. The van der Waals surface area contributed by atoms with E-state index in [1.807, 2.05) is 60.7 Å². The third-order valence-electron chi connectivity index (χ3n) is 6.45. The highest BCUT2D eigenvalue weighted by Gasteiger charge is 2.46. The van der Waals surface area contributed by atoms with Crippen LogP contribution >= 0.6 is 0 Å². The fourth-order valence-corrected chi connectivity index (χ4v) is 4.80. The first-order valence-corrected chi connectivity index (χ1v) is 9.80. The lowest BCUT2D eigenvalue weighted by molar-refractivity contribution is -0.159. The van der Waals surface area contributed by atoms with Gasteiger partial charge in [-0.25, -0.2) is 0 Å². The molecule has 2 aliphatic rings. The minimum absolute atomic E-state index is 0.0791. The van der Waals surface area contributed by atoms with Crippen molar-refractivity contribution in [3.8, 4) is 0 Å². The normalized spacial score (nSPS) is 25.3. The van der Waals surface area contributed by atoms with Crippen LogP contribution in [0.2, 0.25) is 0 Å². The molecule has 142 valence electrons. The first-order valence-electron chi connectivity index (χ1n) is 9.80. The maximum Gasteiger partial charge on any atom is 0.323 e. The standard InChI is InChI=1S/C23H27NO3/c1-24-19-12-13-20(24)15-21(14-19)27-22(26)23(16-25,17-8-4-2-5-9-17)18-10-6-3-7-11-18/h2-11,19-21,25H,12-16H2,1H3. The second-order valence-electron chi connectivity index (χ2n) is 7.84. The van der Waals surface area contributed by atoms with Gasteiger partial charge in [0.1, 0.15) is 11.5 Å². The Hall–Kier alpha value is -2.17. The number of aliphatic hydroxyl groups is 1. The van der Waals surface area contributed by atoms with Crippen LogP contribution in [0.3, 0.4) is 0 Å². The highest BCUT2D eigenvalue weighted by atomic mass is 16.5. The summed E-state index contributed by atoms with van der Waals surface area (Å²) < 4.78 is 6.06. The zero-order valence-corrected chi connectivity index (χ0v) is 15.8. The Labute approximate surface area is 160 Å². The van der Waals surface area contributed by atoms with Crippen molar-refractivity contribution in [2.45, 2.75) is 49.3 Å². The zero-order valence-electron chi connectivity index (χ0n) is 15.8. The van der Waals surface area contributed by atoms with Crippen molar-refractivity contribution in [3.05, 3.63) is 71.8 Å². The summed E-state index contributed by atoms with van der Waals surface area (Å²) in [6, 6.07) is 20.0. The van der Waals surface area contributed by atoms with Crippen molar-refractivity contribution < 1.29 is 14.6 Å². The van der Waals surface area contributed by atoms with Crippen LogP contribution in [0.25, 0.3) is 0 Å². The summed E-state index contributed by atoms with van der Waals surface area (Å²) in [6.45, 7) is -0.320. The molecule has 0 aromatic heterocycles. The molecule has 2 aromatic carbocycles. The summed E-state index contributed by atoms with van der Waals surface area (Å²) in [5.41, 5.74) is 0.337. The average Bonchev–Trinajstić information content (AvgIpc) is 2.91. The molecular formula is C23H27NO3. The van der Waals surface area contributed by atoms with Crippen LogP contribution < -0.4 is 0 Å². The van der Waals surface area contributed by atoms with Crippen molar-refractivity contribution >= 4 is 5.97 Å². The molecule has 27 heavy (non-hydrogen) atoms. The molecular weight excluding hydrogens is 338 g/mol. The Balaban J connectivity index is 1.66. The van der Waals surface area contributed by atoms with Gasteiger partial charge in [-0.15, -0.1) is 0 Å². The number of esters is 1. The molecule has 0 amide bonds. The minimum atomic E-state index is -1.19. The molecule has 4 heteroatoms. The van der Waals surface area contributed by atoms with E-state index in [9.17, 15) is 9.90 Å². The van der Waals surface area contributed by atoms with Gasteiger partial charge in [0, 0.05) is 12.1 Å². The molecule has 2 unspecified atom stereocenters. The highest BCUT2D eigenvalue weighted by molar-refractivity contribution is 5.88. The van der Waals surface area contributed by atoms with Crippen LogP contribution in [0.15, 0.2) is 60.7 Å². The van der Waals surface area contributed by atoms with Gasteiger partial charge in [0.05, 0.1) is 6.61 Å². The first kappa shape index (κ1) is 18.2. The third-order valence-corrected chi connectivity index (χ3v) is 6.45. The Morgan fingerprint density at radius 1 is 1.00 bits per heavy atom. The molecule has 0 aliphatic carbocycles. The molecule has 2 heterocycles. The number of fused-ring (bicyclic) bond motifs is 2. The highest BCUT2D eigenvalue weighted by Crippen LogP contribution is 2.38. The van der Waals surface area contributed by atoms with Crippen LogP contribution in [0.5, 0.6) is 0 Å². The number of aliphatic hydroxyl groups excluding tert-OH is 1. The topological polar surface area (TPSA) is 49.8 Å². The summed E-state index contributed by atoms with van der Waals surface area (Å²) in [4.78, 5) is 15.9. The number of piperidine rings is 1. The van der Waals surface area contributed by atoms with E-state index in [-0.39, 0.29) is 18.7 Å². The number of carbonyl (C=O) groups excluding carboxylic acids is 1. The van der Waals surface area contributed by atoms with Gasteiger partial charge >= 0.3 is 5.97 Å². The van der Waals surface area contributed by atoms with E-state index < -0.39 is 5.41 Å². The van der Waals surface area contributed by atoms with E-state index >= 15 is 0 Å². The summed E-state index contributed by atoms with van der Waals surface area (Å²) in [6.07, 6.45) is 4.04. The molecule has 0 spiro atoms. The molecule has 2 fully saturated rings. The summed E-state index contributed by atoms with van der Waals surface area (Å²) in [7, 11) is 2.17. The van der Waals surface area contributed by atoms with E-state index in [1.165, 1.54) is 12.8 Å². The SMILES string of the molecule is CN1C2CCC1CC(OC(=O)C(CO)(c1ccccc1)c1ccccc1)C2. The van der Waals surface area contributed by atoms with Gasteiger partial charge in [-0.3, -0.25) is 4.79 Å². The quantitative estimate of drug-likeness (QED) is 0.827. The molecule has 2 bridgehead atoms. The molecule has 1 N–H and O–H groups in total. The van der Waals surface area contributed by atoms with Crippen LogP contribution in [-0.2, 0) is 14.9 Å². The van der Waals surface area contributed by atoms with Gasteiger partial charge in [-0.05, 0) is 43.9 Å². The Bertz CT molecular complexity index is 723. The fourth-order valence-electron chi connectivity index (χ4n) is 4.80. The Morgan fingerprint density at radius 3 is 1.93 bits per heavy atom. The summed E-state index contributed by atoms with van der Waals surface area (Å²) in [5.74, 6) is -0.351. The maximum absolute atomic E-state index is 13.5. The molecule has 2 aromatic rings. The number of benzene rings is 2. The van der Waals surface area contributed by atoms with Gasteiger partial charge in [-0.2, -0.15) is 0 Å². The van der Waals surface area contributed by atoms with Gasteiger partial charge in [0.2, 0.25) is 0 Å². The van der Waals surface area contributed by atoms with E-state index in [1.54, 1.807) is 0 Å². The molecule has 0 saturated carbocycles. The van der Waals surface area contributed by atoms with E-state index in [0.29, 0.717) is 12.1 Å². The summed E-state index contributed by atoms with van der Waals surface area (Å²) in [5, 5.41) is 10.4. The number of hydrogen-bond donors (Lipinski definition) is 1. The van der Waals surface area contributed by atoms with Crippen molar-refractivity contribution in [1.82, 2.24) is 4.90 Å². The molecule has 4 rings (SSSR count). The smallest absolute Gasteiger partial charge is 0.323 e. The minimum Gasteiger partial charge on any atom is -0.461 e. The Morgan fingerprint density at radius 2 is 1.48 bits per heavy atom. The molecule has 0 radical (unpaired) electrons. The lowest BCUT2D eigenvalue weighted by Crippen LogP contribution is -2.48. The zero-order chi connectivity index (χ0) is 18.9. The van der Waals surface area contributed by atoms with Gasteiger partial charge in [-0.1, -0.05) is 60.7 Å². The second-order valence-corrected chi connectivity index (χ2v) is 7.84. The van der Waals surface area contributed by atoms with Crippen molar-refractivity contribution in [2.75, 3.05) is 13.7 Å². The van der Waals surface area contributed by atoms with Gasteiger partial charge in [0.15, 0.2) is 0 Å². The van der Waals surface area contributed by atoms with E-state index in [2.05, 4.69) is 11.9 Å². The maximum atomic E-state index is 13.5. The number of hydrogen-bond acceptors (Lipinski definition) is 4. The van der Waals surface area contributed by atoms with Crippen molar-refractivity contribution in [1.29, 1.82) is 0 Å². The monoisotopic (exact) mass is 365 g/mol. The van der Waals surface area contributed by atoms with Gasteiger partial charge < -0.3 is 14.7 Å². The predicted molar refractivity (Wildman–Crippen MR) is 104 cm³/mol. The van der Waals surface area contributed by atoms with Crippen molar-refractivity contribution in [2.24, 2.45) is 0 Å². The largest absolute Gasteiger partial charge is 0.461 e. The lowest BCUT2D eigenvalue weighted by Gasteiger charge is -2.38. The molecule has 2 atom stereocenters. The predicted octanol–water partition coefficient (Wildman–Crippen LogP) is 3.13. The summed E-state index contributed by atoms with van der Waals surface area (Å²) >= 11 is 0. The number of ether oxygens (including phenoxy) is 1. The van der Waals surface area contributed by atoms with Crippen LogP contribution in [0.1, 0.15) is 36.8 Å².